The number of ether oxygens (including phenoxy) is 1. The Balaban J connectivity index is 2.14. The van der Waals surface area contributed by atoms with Crippen molar-refractivity contribution in [3.63, 3.8) is 0 Å². The van der Waals surface area contributed by atoms with Crippen LogP contribution in [0.25, 0.3) is 5.65 Å². The van der Waals surface area contributed by atoms with Gasteiger partial charge in [0.25, 0.3) is 0 Å². The van der Waals surface area contributed by atoms with Crippen molar-refractivity contribution in [3.8, 4) is 0 Å². The minimum absolute atomic E-state index is 0.326. The van der Waals surface area contributed by atoms with Crippen molar-refractivity contribution >= 4 is 5.65 Å². The lowest BCUT2D eigenvalue weighted by Crippen LogP contribution is -2.17. The van der Waals surface area contributed by atoms with Crippen molar-refractivity contribution in [3.05, 3.63) is 30.2 Å². The summed E-state index contributed by atoms with van der Waals surface area (Å²) in [6.45, 7) is 0.326. The zero-order chi connectivity index (χ0) is 10.7. The standard InChI is InChI=1S/C10H13N3O2/c1-15-7-9(14)6-8-3-5-13-10(12-8)2-4-11-13/h2-5,9,14H,6-7H2,1H3. The van der Waals surface area contributed by atoms with E-state index < -0.39 is 6.10 Å². The number of fused-ring (bicyclic) bond motifs is 1. The van der Waals surface area contributed by atoms with Crippen LogP contribution < -0.4 is 0 Å². The summed E-state index contributed by atoms with van der Waals surface area (Å²) in [5.74, 6) is 0. The van der Waals surface area contributed by atoms with Crippen LogP contribution in [0, 0.1) is 0 Å². The maximum atomic E-state index is 9.54. The molecule has 0 radical (unpaired) electrons. The molecule has 0 bridgehead atoms. The summed E-state index contributed by atoms with van der Waals surface area (Å²) in [5, 5.41) is 13.6. The van der Waals surface area contributed by atoms with Gasteiger partial charge in [-0.3, -0.25) is 0 Å². The Bertz CT molecular complexity index is 441. The van der Waals surface area contributed by atoms with Crippen LogP contribution in [-0.4, -0.2) is 39.5 Å². The molecule has 1 unspecified atom stereocenters. The molecule has 2 heterocycles. The highest BCUT2D eigenvalue weighted by Crippen LogP contribution is 2.04. The zero-order valence-electron chi connectivity index (χ0n) is 8.50. The molecule has 0 spiro atoms. The van der Waals surface area contributed by atoms with Crippen molar-refractivity contribution < 1.29 is 9.84 Å². The van der Waals surface area contributed by atoms with E-state index in [0.717, 1.165) is 11.3 Å². The summed E-state index contributed by atoms with van der Waals surface area (Å²) in [6, 6.07) is 3.67. The predicted molar refractivity (Wildman–Crippen MR) is 54.6 cm³/mol. The summed E-state index contributed by atoms with van der Waals surface area (Å²) < 4.78 is 6.54. The highest BCUT2D eigenvalue weighted by molar-refractivity contribution is 5.36. The van der Waals surface area contributed by atoms with Gasteiger partial charge in [0.05, 0.1) is 18.9 Å². The summed E-state index contributed by atoms with van der Waals surface area (Å²) in [6.07, 6.45) is 3.51. The van der Waals surface area contributed by atoms with E-state index in [9.17, 15) is 5.11 Å². The van der Waals surface area contributed by atoms with Crippen LogP contribution in [0.15, 0.2) is 24.5 Å². The molecular weight excluding hydrogens is 194 g/mol. The van der Waals surface area contributed by atoms with E-state index in [0.29, 0.717) is 13.0 Å². The fraction of sp³-hybridized carbons (Fsp3) is 0.400. The van der Waals surface area contributed by atoms with Gasteiger partial charge in [0.1, 0.15) is 0 Å². The number of hydrogen-bond acceptors (Lipinski definition) is 4. The summed E-state index contributed by atoms with van der Waals surface area (Å²) in [5.41, 5.74) is 1.63. The quantitative estimate of drug-likeness (QED) is 0.782. The normalized spacial score (nSPS) is 13.2. The third-order valence-corrected chi connectivity index (χ3v) is 2.12. The summed E-state index contributed by atoms with van der Waals surface area (Å²) in [4.78, 5) is 4.34. The Morgan fingerprint density at radius 1 is 1.53 bits per heavy atom. The molecule has 0 amide bonds. The van der Waals surface area contributed by atoms with Gasteiger partial charge in [-0.25, -0.2) is 9.50 Å². The molecule has 5 heteroatoms. The van der Waals surface area contributed by atoms with Crippen LogP contribution in [0.3, 0.4) is 0 Å². The molecule has 80 valence electrons. The molecule has 2 rings (SSSR count). The van der Waals surface area contributed by atoms with E-state index >= 15 is 0 Å². The van der Waals surface area contributed by atoms with Crippen molar-refractivity contribution in [2.24, 2.45) is 0 Å². The van der Waals surface area contributed by atoms with Gasteiger partial charge in [0.15, 0.2) is 5.65 Å². The number of hydrogen-bond donors (Lipinski definition) is 1. The molecule has 0 saturated heterocycles. The topological polar surface area (TPSA) is 59.7 Å². The van der Waals surface area contributed by atoms with E-state index in [-0.39, 0.29) is 0 Å². The maximum absolute atomic E-state index is 9.54. The largest absolute Gasteiger partial charge is 0.390 e. The molecule has 1 atom stereocenters. The zero-order valence-corrected chi connectivity index (χ0v) is 8.50. The first-order valence-electron chi connectivity index (χ1n) is 4.76. The van der Waals surface area contributed by atoms with Crippen LogP contribution in [0.4, 0.5) is 0 Å². The van der Waals surface area contributed by atoms with Gasteiger partial charge in [0.2, 0.25) is 0 Å². The summed E-state index contributed by atoms with van der Waals surface area (Å²) in [7, 11) is 1.57. The minimum Gasteiger partial charge on any atom is -0.390 e. The number of aliphatic hydroxyl groups excluding tert-OH is 1. The van der Waals surface area contributed by atoms with Crippen molar-refractivity contribution in [1.82, 2.24) is 14.6 Å². The van der Waals surface area contributed by atoms with Gasteiger partial charge in [-0.15, -0.1) is 0 Å². The lowest BCUT2D eigenvalue weighted by Gasteiger charge is -2.08. The van der Waals surface area contributed by atoms with Crippen molar-refractivity contribution in [2.75, 3.05) is 13.7 Å². The Morgan fingerprint density at radius 2 is 2.40 bits per heavy atom. The maximum Gasteiger partial charge on any atom is 0.155 e. The molecule has 1 N–H and O–H groups in total. The molecule has 0 fully saturated rings. The van der Waals surface area contributed by atoms with Crippen LogP contribution in [-0.2, 0) is 11.2 Å². The molecule has 2 aromatic heterocycles. The van der Waals surface area contributed by atoms with Gasteiger partial charge in [-0.1, -0.05) is 0 Å². The van der Waals surface area contributed by atoms with Crippen molar-refractivity contribution in [1.29, 1.82) is 0 Å². The Kier molecular flexibility index (Phi) is 2.94. The van der Waals surface area contributed by atoms with Gasteiger partial charge < -0.3 is 9.84 Å². The molecule has 15 heavy (non-hydrogen) atoms. The van der Waals surface area contributed by atoms with Crippen LogP contribution in [0.2, 0.25) is 0 Å². The number of methoxy groups -OCH3 is 1. The SMILES string of the molecule is COCC(O)Cc1ccn2nccc2n1. The second kappa shape index (κ2) is 4.37. The Labute approximate surface area is 87.3 Å². The van der Waals surface area contributed by atoms with Gasteiger partial charge in [-0.2, -0.15) is 5.10 Å². The molecule has 0 saturated carbocycles. The highest BCUT2D eigenvalue weighted by atomic mass is 16.5. The molecule has 2 aromatic rings. The van der Waals surface area contributed by atoms with Crippen LogP contribution in [0.5, 0.6) is 0 Å². The first-order valence-corrected chi connectivity index (χ1v) is 4.76. The Morgan fingerprint density at radius 3 is 3.20 bits per heavy atom. The Hall–Kier alpha value is -1.46. The van der Waals surface area contributed by atoms with Gasteiger partial charge >= 0.3 is 0 Å². The first-order chi connectivity index (χ1) is 7.29. The second-order valence-corrected chi connectivity index (χ2v) is 3.37. The number of rotatable bonds is 4. The van der Waals surface area contributed by atoms with Crippen molar-refractivity contribution in [2.45, 2.75) is 12.5 Å². The monoisotopic (exact) mass is 207 g/mol. The molecule has 0 aliphatic carbocycles. The van der Waals surface area contributed by atoms with E-state index in [1.807, 2.05) is 18.3 Å². The van der Waals surface area contributed by atoms with E-state index in [1.54, 1.807) is 17.8 Å². The highest BCUT2D eigenvalue weighted by Gasteiger charge is 2.06. The number of nitrogens with zero attached hydrogens (tertiary/aromatic N) is 3. The van der Waals surface area contributed by atoms with E-state index in [1.165, 1.54) is 0 Å². The summed E-state index contributed by atoms with van der Waals surface area (Å²) >= 11 is 0. The molecule has 0 aliphatic rings. The fourth-order valence-corrected chi connectivity index (χ4v) is 1.46. The second-order valence-electron chi connectivity index (χ2n) is 3.37. The average Bonchev–Trinajstić information content (AvgIpc) is 2.65. The van der Waals surface area contributed by atoms with Crippen LogP contribution >= 0.6 is 0 Å². The average molecular weight is 207 g/mol. The molecule has 0 aromatic carbocycles. The minimum atomic E-state index is -0.507. The van der Waals surface area contributed by atoms with E-state index in [2.05, 4.69) is 10.1 Å². The number of aromatic nitrogens is 3. The lowest BCUT2D eigenvalue weighted by molar-refractivity contribution is 0.0644. The lowest BCUT2D eigenvalue weighted by atomic mass is 10.2. The smallest absolute Gasteiger partial charge is 0.155 e. The molecule has 0 aliphatic heterocycles. The molecular formula is C10H13N3O2. The van der Waals surface area contributed by atoms with Gasteiger partial charge in [-0.05, 0) is 6.07 Å². The predicted octanol–water partition coefficient (Wildman–Crippen LogP) is 0.279. The third kappa shape index (κ3) is 2.31. The van der Waals surface area contributed by atoms with Gasteiger partial charge in [0, 0.05) is 31.5 Å². The third-order valence-electron chi connectivity index (χ3n) is 2.12. The molecule has 5 nitrogen and oxygen atoms in total. The van der Waals surface area contributed by atoms with E-state index in [4.69, 9.17) is 4.74 Å². The number of aliphatic hydroxyl groups is 1. The fourth-order valence-electron chi connectivity index (χ4n) is 1.46. The van der Waals surface area contributed by atoms with Crippen LogP contribution in [0.1, 0.15) is 5.69 Å². The first kappa shape index (κ1) is 10.1.